The fourth-order valence-electron chi connectivity index (χ4n) is 1.14. The summed E-state index contributed by atoms with van der Waals surface area (Å²) in [6.45, 7) is 7.59. The highest BCUT2D eigenvalue weighted by atomic mass is 16.5. The highest BCUT2D eigenvalue weighted by molar-refractivity contribution is 5.69. The molecule has 0 aliphatic heterocycles. The zero-order chi connectivity index (χ0) is 11.5. The predicted octanol–water partition coefficient (Wildman–Crippen LogP) is 0.446. The highest BCUT2D eigenvalue weighted by Gasteiger charge is 2.08. The number of carboxylic acids is 1. The second kappa shape index (κ2) is 9.89. The Morgan fingerprint density at radius 1 is 1.13 bits per heavy atom. The van der Waals surface area contributed by atoms with Gasteiger partial charge in [-0.3, -0.25) is 9.69 Å². The third-order valence-electron chi connectivity index (χ3n) is 1.87. The van der Waals surface area contributed by atoms with E-state index in [0.717, 1.165) is 0 Å². The lowest BCUT2D eigenvalue weighted by atomic mass is 10.4. The molecule has 0 unspecified atom stereocenters. The molecule has 0 heterocycles. The van der Waals surface area contributed by atoms with Crippen molar-refractivity contribution in [2.45, 2.75) is 13.8 Å². The summed E-state index contributed by atoms with van der Waals surface area (Å²) in [4.78, 5) is 12.4. The van der Waals surface area contributed by atoms with Crippen LogP contribution in [0.2, 0.25) is 0 Å². The van der Waals surface area contributed by atoms with E-state index in [1.54, 1.807) is 0 Å². The summed E-state index contributed by atoms with van der Waals surface area (Å²) in [5.41, 5.74) is 0. The fourth-order valence-corrected chi connectivity index (χ4v) is 1.14. The molecule has 0 spiro atoms. The number of ether oxygens (including phenoxy) is 2. The van der Waals surface area contributed by atoms with Crippen LogP contribution in [0.25, 0.3) is 0 Å². The molecule has 0 aliphatic rings. The summed E-state index contributed by atoms with van der Waals surface area (Å²) in [6.07, 6.45) is 0. The Balaban J connectivity index is 3.68. The monoisotopic (exact) mass is 219 g/mol. The third-order valence-corrected chi connectivity index (χ3v) is 1.87. The first-order valence-corrected chi connectivity index (χ1v) is 5.30. The van der Waals surface area contributed by atoms with Crippen molar-refractivity contribution in [3.05, 3.63) is 0 Å². The van der Waals surface area contributed by atoms with E-state index in [0.29, 0.717) is 39.5 Å². The largest absolute Gasteiger partial charge is 0.480 e. The van der Waals surface area contributed by atoms with E-state index < -0.39 is 5.97 Å². The van der Waals surface area contributed by atoms with E-state index in [1.165, 1.54) is 0 Å². The standard InChI is InChI=1S/C10H21NO4/c1-3-14-7-5-11(9-10(12)13)6-8-15-4-2/h3-9H2,1-2H3,(H,12,13). The SMILES string of the molecule is CCOCCN(CCOCC)CC(=O)O. The van der Waals surface area contributed by atoms with Gasteiger partial charge in [0.05, 0.1) is 19.8 Å². The number of carbonyl (C=O) groups is 1. The minimum Gasteiger partial charge on any atom is -0.480 e. The van der Waals surface area contributed by atoms with Crippen molar-refractivity contribution in [2.24, 2.45) is 0 Å². The quantitative estimate of drug-likeness (QED) is 0.540. The molecule has 5 heteroatoms. The van der Waals surface area contributed by atoms with Gasteiger partial charge in [-0.2, -0.15) is 0 Å². The lowest BCUT2D eigenvalue weighted by Gasteiger charge is -2.19. The Kier molecular flexibility index (Phi) is 9.46. The molecule has 0 bridgehead atoms. The van der Waals surface area contributed by atoms with Gasteiger partial charge < -0.3 is 14.6 Å². The lowest BCUT2D eigenvalue weighted by molar-refractivity contribution is -0.138. The van der Waals surface area contributed by atoms with Gasteiger partial charge in [0, 0.05) is 26.3 Å². The predicted molar refractivity (Wildman–Crippen MR) is 57.1 cm³/mol. The maximum Gasteiger partial charge on any atom is 0.317 e. The number of carboxylic acid groups (broad SMARTS) is 1. The molecule has 5 nitrogen and oxygen atoms in total. The normalized spacial score (nSPS) is 10.9. The van der Waals surface area contributed by atoms with E-state index in [4.69, 9.17) is 14.6 Å². The van der Waals surface area contributed by atoms with Crippen LogP contribution in [-0.2, 0) is 14.3 Å². The molecule has 0 aliphatic carbocycles. The van der Waals surface area contributed by atoms with Crippen LogP contribution in [0.4, 0.5) is 0 Å². The van der Waals surface area contributed by atoms with Gasteiger partial charge in [-0.25, -0.2) is 0 Å². The van der Waals surface area contributed by atoms with Crippen LogP contribution < -0.4 is 0 Å². The second-order valence-electron chi connectivity index (χ2n) is 3.06. The Hall–Kier alpha value is -0.650. The highest BCUT2D eigenvalue weighted by Crippen LogP contribution is 1.90. The van der Waals surface area contributed by atoms with Crippen molar-refractivity contribution in [1.82, 2.24) is 4.90 Å². The Morgan fingerprint density at radius 3 is 1.93 bits per heavy atom. The molecular weight excluding hydrogens is 198 g/mol. The number of hydrogen-bond acceptors (Lipinski definition) is 4. The van der Waals surface area contributed by atoms with Crippen LogP contribution in [-0.4, -0.2) is 62.0 Å². The molecule has 0 aromatic heterocycles. The molecule has 0 aromatic rings. The minimum atomic E-state index is -0.817. The molecule has 90 valence electrons. The van der Waals surface area contributed by atoms with Gasteiger partial charge in [0.15, 0.2) is 0 Å². The van der Waals surface area contributed by atoms with Crippen molar-refractivity contribution in [3.63, 3.8) is 0 Å². The van der Waals surface area contributed by atoms with E-state index >= 15 is 0 Å². The Bertz CT molecular complexity index is 154. The van der Waals surface area contributed by atoms with E-state index in [9.17, 15) is 4.79 Å². The van der Waals surface area contributed by atoms with Gasteiger partial charge >= 0.3 is 5.97 Å². The van der Waals surface area contributed by atoms with Crippen LogP contribution in [0.5, 0.6) is 0 Å². The van der Waals surface area contributed by atoms with Crippen LogP contribution in [0.15, 0.2) is 0 Å². The maximum absolute atomic E-state index is 10.6. The first-order chi connectivity index (χ1) is 7.20. The minimum absolute atomic E-state index is 0.0418. The summed E-state index contributed by atoms with van der Waals surface area (Å²) < 4.78 is 10.4. The molecular formula is C10H21NO4. The number of hydrogen-bond donors (Lipinski definition) is 1. The van der Waals surface area contributed by atoms with Crippen molar-refractivity contribution in [2.75, 3.05) is 46.1 Å². The zero-order valence-electron chi connectivity index (χ0n) is 9.57. The van der Waals surface area contributed by atoms with Crippen molar-refractivity contribution in [1.29, 1.82) is 0 Å². The maximum atomic E-state index is 10.6. The zero-order valence-corrected chi connectivity index (χ0v) is 9.57. The summed E-state index contributed by atoms with van der Waals surface area (Å²) in [6, 6.07) is 0. The van der Waals surface area contributed by atoms with Crippen LogP contribution >= 0.6 is 0 Å². The van der Waals surface area contributed by atoms with E-state index in [1.807, 2.05) is 18.7 Å². The molecule has 0 amide bonds. The summed E-state index contributed by atoms with van der Waals surface area (Å²) >= 11 is 0. The van der Waals surface area contributed by atoms with Gasteiger partial charge in [0.1, 0.15) is 0 Å². The van der Waals surface area contributed by atoms with Gasteiger partial charge in [0.2, 0.25) is 0 Å². The first kappa shape index (κ1) is 14.3. The van der Waals surface area contributed by atoms with E-state index in [2.05, 4.69) is 0 Å². The van der Waals surface area contributed by atoms with Crippen LogP contribution in [0.1, 0.15) is 13.8 Å². The number of nitrogens with zero attached hydrogens (tertiary/aromatic N) is 1. The topological polar surface area (TPSA) is 59.0 Å². The van der Waals surface area contributed by atoms with Crippen molar-refractivity contribution in [3.8, 4) is 0 Å². The molecule has 0 saturated carbocycles. The smallest absolute Gasteiger partial charge is 0.317 e. The second-order valence-corrected chi connectivity index (χ2v) is 3.06. The summed E-state index contributed by atoms with van der Waals surface area (Å²) in [7, 11) is 0. The summed E-state index contributed by atoms with van der Waals surface area (Å²) in [5.74, 6) is -0.817. The van der Waals surface area contributed by atoms with Gasteiger partial charge in [-0.15, -0.1) is 0 Å². The molecule has 0 atom stereocenters. The van der Waals surface area contributed by atoms with Crippen LogP contribution in [0, 0.1) is 0 Å². The van der Waals surface area contributed by atoms with Gasteiger partial charge in [0.25, 0.3) is 0 Å². The lowest BCUT2D eigenvalue weighted by Crippen LogP contribution is -2.35. The van der Waals surface area contributed by atoms with E-state index in [-0.39, 0.29) is 6.54 Å². The number of rotatable bonds is 10. The molecule has 0 aromatic carbocycles. The first-order valence-electron chi connectivity index (χ1n) is 5.30. The van der Waals surface area contributed by atoms with Crippen LogP contribution in [0.3, 0.4) is 0 Å². The molecule has 1 N–H and O–H groups in total. The van der Waals surface area contributed by atoms with Crippen molar-refractivity contribution < 1.29 is 19.4 Å². The average Bonchev–Trinajstić information content (AvgIpc) is 2.17. The third kappa shape index (κ3) is 9.65. The average molecular weight is 219 g/mol. The number of aliphatic carboxylic acids is 1. The van der Waals surface area contributed by atoms with Crippen molar-refractivity contribution >= 4 is 5.97 Å². The molecule has 0 fully saturated rings. The molecule has 0 rings (SSSR count). The Labute approximate surface area is 91.0 Å². The van der Waals surface area contributed by atoms with Gasteiger partial charge in [-0.05, 0) is 13.8 Å². The molecule has 0 saturated heterocycles. The Morgan fingerprint density at radius 2 is 1.60 bits per heavy atom. The molecule has 0 radical (unpaired) electrons. The van der Waals surface area contributed by atoms with Gasteiger partial charge in [-0.1, -0.05) is 0 Å². The fraction of sp³-hybridized carbons (Fsp3) is 0.900. The molecule has 15 heavy (non-hydrogen) atoms. The summed E-state index contributed by atoms with van der Waals surface area (Å²) in [5, 5.41) is 8.67.